The Kier molecular flexibility index (Phi) is 22.1. The van der Waals surface area contributed by atoms with Crippen LogP contribution in [-0.4, -0.2) is 25.7 Å². The Balaban J connectivity index is 0. The molecule has 2 aromatic rings. The topological polar surface area (TPSA) is 39.8 Å². The van der Waals surface area contributed by atoms with E-state index in [9.17, 15) is 0 Å². The fourth-order valence-electron chi connectivity index (χ4n) is 2.11. The van der Waals surface area contributed by atoms with Gasteiger partial charge in [-0.3, -0.25) is 0 Å². The van der Waals surface area contributed by atoms with Crippen LogP contribution in [0.15, 0.2) is 60.7 Å². The minimum atomic E-state index is -0.569. The quantitative estimate of drug-likeness (QED) is 0.247. The van der Waals surface area contributed by atoms with Gasteiger partial charge in [-0.1, -0.05) is 36.4 Å². The second-order valence-electron chi connectivity index (χ2n) is 4.97. The van der Waals surface area contributed by atoms with E-state index in [4.69, 9.17) is 28.7 Å². The summed E-state index contributed by atoms with van der Waals surface area (Å²) < 4.78 is 15.0. The minimum absolute atomic E-state index is 0.118. The first kappa shape index (κ1) is 27.2. The van der Waals surface area contributed by atoms with Crippen molar-refractivity contribution in [3.05, 3.63) is 74.0 Å². The molecule has 2 nitrogen and oxygen atoms in total. The summed E-state index contributed by atoms with van der Waals surface area (Å²) in [7, 11) is 9.02. The van der Waals surface area contributed by atoms with E-state index >= 15 is 0 Å². The van der Waals surface area contributed by atoms with E-state index in [1.165, 1.54) is 12.3 Å². The fourth-order valence-corrected chi connectivity index (χ4v) is 7.21. The molecule has 25 heavy (non-hydrogen) atoms. The normalized spacial score (nSPS) is 8.88. The standard InChI is InChI=1S/C16H20P2.2CO.2ClH.Ru/c1-17(2)13-14-18(15-9-5-3-6-10-15)16-11-7-4-8-12-16;2*1-2;;;/h3-12H,13-14H2,1-2H3;;;2*1H;/q;;;;;+4. The molecule has 2 rings (SSSR count). The van der Waals surface area contributed by atoms with Crippen LogP contribution in [0.25, 0.3) is 0 Å². The SMILES string of the molecule is C[PH+](C)CC[PH+](c1ccccc1)c1ccccc1.[C-]#[O+].[C-]#[O+].[Cl][Ru+2][Cl]. The summed E-state index contributed by atoms with van der Waals surface area (Å²) in [5, 5.41) is 3.11. The molecule has 0 amide bonds. The molecule has 0 bridgehead atoms. The molecule has 0 N–H and O–H groups in total. The van der Waals surface area contributed by atoms with Crippen molar-refractivity contribution in [1.82, 2.24) is 0 Å². The van der Waals surface area contributed by atoms with Gasteiger partial charge in [0.1, 0.15) is 0 Å². The molecule has 0 heterocycles. The fraction of sp³-hybridized carbons (Fsp3) is 0.222. The molecule has 7 heteroatoms. The molecule has 0 aromatic heterocycles. The Morgan fingerprint density at radius 1 is 0.760 bits per heavy atom. The van der Waals surface area contributed by atoms with E-state index < -0.39 is 7.92 Å². The average Bonchev–Trinajstić information content (AvgIpc) is 2.67. The molecule has 0 fully saturated rings. The molecule has 0 saturated heterocycles. The molecular weight excluding hydrogens is 482 g/mol. The van der Waals surface area contributed by atoms with Crippen LogP contribution in [-0.2, 0) is 24.4 Å². The molecule has 0 aliphatic carbocycles. The number of benzene rings is 2. The molecule has 0 aliphatic heterocycles. The van der Waals surface area contributed by atoms with Crippen LogP contribution in [0, 0.1) is 13.3 Å². The summed E-state index contributed by atoms with van der Waals surface area (Å²) in [5.41, 5.74) is 0. The number of hydrogen-bond acceptors (Lipinski definition) is 0. The number of rotatable bonds is 5. The summed E-state index contributed by atoms with van der Waals surface area (Å²) in [6.07, 6.45) is 2.79. The first-order valence-corrected chi connectivity index (χ1v) is 16.1. The molecular formula is C18H22Cl2O2P2Ru+4. The first-order valence-electron chi connectivity index (χ1n) is 7.20. The third-order valence-corrected chi connectivity index (χ3v) is 7.68. The van der Waals surface area contributed by atoms with Crippen molar-refractivity contribution >= 4 is 45.8 Å². The van der Waals surface area contributed by atoms with E-state index in [1.54, 1.807) is 10.6 Å². The average molecular weight is 504 g/mol. The van der Waals surface area contributed by atoms with Crippen LogP contribution in [0.2, 0.25) is 0 Å². The maximum atomic E-state index is 7.50. The zero-order valence-corrected chi connectivity index (χ0v) is 19.4. The first-order chi connectivity index (χ1) is 12.2. The second kappa shape index (κ2) is 20.3. The predicted molar refractivity (Wildman–Crippen MR) is 110 cm³/mol. The van der Waals surface area contributed by atoms with Crippen molar-refractivity contribution in [1.29, 1.82) is 0 Å². The zero-order valence-electron chi connectivity index (χ0n) is 14.1. The van der Waals surface area contributed by atoms with E-state index in [2.05, 4.69) is 87.3 Å². The van der Waals surface area contributed by atoms with Crippen molar-refractivity contribution < 1.29 is 24.4 Å². The Morgan fingerprint density at radius 2 is 1.08 bits per heavy atom. The van der Waals surface area contributed by atoms with Gasteiger partial charge in [0.25, 0.3) is 0 Å². The van der Waals surface area contributed by atoms with Gasteiger partial charge >= 0.3 is 57.1 Å². The third-order valence-electron chi connectivity index (χ3n) is 3.12. The maximum absolute atomic E-state index is 7.50. The Labute approximate surface area is 169 Å². The van der Waals surface area contributed by atoms with E-state index in [0.717, 1.165) is 0 Å². The molecule has 0 spiro atoms. The number of hydrogen-bond donors (Lipinski definition) is 0. The van der Waals surface area contributed by atoms with Gasteiger partial charge < -0.3 is 0 Å². The van der Waals surface area contributed by atoms with Gasteiger partial charge in [-0.2, -0.15) is 0 Å². The van der Waals surface area contributed by atoms with Crippen LogP contribution < -0.4 is 10.6 Å². The van der Waals surface area contributed by atoms with Crippen molar-refractivity contribution in [3.8, 4) is 0 Å². The van der Waals surface area contributed by atoms with Gasteiger partial charge in [-0.15, -0.1) is 0 Å². The summed E-state index contributed by atoms with van der Waals surface area (Å²) in [6, 6.07) is 22.1. The third kappa shape index (κ3) is 13.8. The Hall–Kier alpha value is -0.0166. The molecule has 2 aromatic carbocycles. The van der Waals surface area contributed by atoms with E-state index in [1.807, 2.05) is 0 Å². The van der Waals surface area contributed by atoms with E-state index in [-0.39, 0.29) is 23.1 Å². The second-order valence-corrected chi connectivity index (χ2v) is 13.1. The monoisotopic (exact) mass is 504 g/mol. The van der Waals surface area contributed by atoms with Gasteiger partial charge in [0.05, 0.1) is 30.9 Å². The van der Waals surface area contributed by atoms with Crippen molar-refractivity contribution in [2.45, 2.75) is 0 Å². The van der Waals surface area contributed by atoms with Gasteiger partial charge in [-0.05, 0) is 32.2 Å². The molecule has 0 atom stereocenters. The summed E-state index contributed by atoms with van der Waals surface area (Å²) in [6.45, 7) is 13.8. The van der Waals surface area contributed by atoms with Crippen LogP contribution in [0.3, 0.4) is 0 Å². The van der Waals surface area contributed by atoms with Crippen molar-refractivity contribution in [2.24, 2.45) is 0 Å². The Morgan fingerprint density at radius 3 is 1.36 bits per heavy atom. The van der Waals surface area contributed by atoms with Crippen molar-refractivity contribution in [3.63, 3.8) is 0 Å². The predicted octanol–water partition coefficient (Wildman–Crippen LogP) is 4.63. The summed E-state index contributed by atoms with van der Waals surface area (Å²) in [5.74, 6) is 0. The Bertz CT molecular complexity index is 521. The number of halogens is 2. The molecule has 0 saturated carbocycles. The molecule has 0 aliphatic rings. The van der Waals surface area contributed by atoms with Gasteiger partial charge in [0, 0.05) is 13.3 Å². The molecule has 0 radical (unpaired) electrons. The summed E-state index contributed by atoms with van der Waals surface area (Å²) in [4.78, 5) is 0. The van der Waals surface area contributed by atoms with Crippen LogP contribution in [0.5, 0.6) is 0 Å². The summed E-state index contributed by atoms with van der Waals surface area (Å²) >= 11 is -0.346. The zero-order chi connectivity index (χ0) is 19.5. The van der Waals surface area contributed by atoms with Crippen LogP contribution in [0.1, 0.15) is 0 Å². The van der Waals surface area contributed by atoms with Crippen molar-refractivity contribution in [2.75, 3.05) is 25.7 Å². The van der Waals surface area contributed by atoms with E-state index in [0.29, 0.717) is 0 Å². The van der Waals surface area contributed by atoms with Gasteiger partial charge in [0.2, 0.25) is 0 Å². The van der Waals surface area contributed by atoms with Gasteiger partial charge in [-0.25, -0.2) is 0 Å². The van der Waals surface area contributed by atoms with Crippen LogP contribution >= 0.6 is 35.2 Å². The molecule has 0 unspecified atom stereocenters. The van der Waals surface area contributed by atoms with Gasteiger partial charge in [0.15, 0.2) is 0 Å². The van der Waals surface area contributed by atoms with Crippen LogP contribution in [0.4, 0.5) is 0 Å². The molecule has 134 valence electrons.